The summed E-state index contributed by atoms with van der Waals surface area (Å²) in [6.45, 7) is 2.32. The van der Waals surface area contributed by atoms with Gasteiger partial charge in [0.1, 0.15) is 0 Å². The molecule has 1 rings (SSSR count). The second-order valence-electron chi connectivity index (χ2n) is 3.31. The lowest BCUT2D eigenvalue weighted by Crippen LogP contribution is -2.02. The van der Waals surface area contributed by atoms with Crippen molar-refractivity contribution < 1.29 is 5.11 Å². The van der Waals surface area contributed by atoms with Crippen LogP contribution in [0.4, 0.5) is 0 Å². The van der Waals surface area contributed by atoms with E-state index in [1.54, 1.807) is 4.68 Å². The zero-order chi connectivity index (χ0) is 8.97. The highest BCUT2D eigenvalue weighted by atomic mass is 16.3. The smallest absolute Gasteiger partial charge is 0.0624 e. The third-order valence-corrected chi connectivity index (χ3v) is 1.97. The van der Waals surface area contributed by atoms with Crippen LogP contribution < -0.4 is 0 Å². The van der Waals surface area contributed by atoms with Gasteiger partial charge in [-0.1, -0.05) is 6.92 Å². The number of aliphatic hydroxyl groups is 1. The summed E-state index contributed by atoms with van der Waals surface area (Å²) in [5.41, 5.74) is 1.11. The van der Waals surface area contributed by atoms with Gasteiger partial charge in [0.15, 0.2) is 0 Å². The standard InChI is InChI=1S/C9H16N2O/c1-8(7-12)3-4-9-5-6-11(2)10-9/h5-6,8,12H,3-4,7H2,1-2H3. The Hall–Kier alpha value is -0.830. The molecule has 12 heavy (non-hydrogen) atoms. The molecule has 3 heteroatoms. The van der Waals surface area contributed by atoms with E-state index < -0.39 is 0 Å². The fourth-order valence-electron chi connectivity index (χ4n) is 1.08. The average Bonchev–Trinajstić information content (AvgIpc) is 2.47. The van der Waals surface area contributed by atoms with E-state index in [1.165, 1.54) is 0 Å². The molecule has 0 aliphatic rings. The topological polar surface area (TPSA) is 38.0 Å². The van der Waals surface area contributed by atoms with E-state index in [-0.39, 0.29) is 6.61 Å². The van der Waals surface area contributed by atoms with Crippen LogP contribution in [0.5, 0.6) is 0 Å². The van der Waals surface area contributed by atoms with E-state index in [0.717, 1.165) is 18.5 Å². The summed E-state index contributed by atoms with van der Waals surface area (Å²) >= 11 is 0. The molecule has 0 radical (unpaired) electrons. The predicted octanol–water partition coefficient (Wildman–Crippen LogP) is 0.981. The molecule has 1 heterocycles. The van der Waals surface area contributed by atoms with Crippen molar-refractivity contribution in [3.05, 3.63) is 18.0 Å². The lowest BCUT2D eigenvalue weighted by molar-refractivity contribution is 0.230. The largest absolute Gasteiger partial charge is 0.396 e. The van der Waals surface area contributed by atoms with Crippen LogP contribution in [0.1, 0.15) is 19.0 Å². The van der Waals surface area contributed by atoms with Gasteiger partial charge in [0.05, 0.1) is 5.69 Å². The summed E-state index contributed by atoms with van der Waals surface area (Å²) in [5.74, 6) is 0.381. The summed E-state index contributed by atoms with van der Waals surface area (Å²) in [4.78, 5) is 0. The minimum Gasteiger partial charge on any atom is -0.396 e. The van der Waals surface area contributed by atoms with Crippen LogP contribution in [0.25, 0.3) is 0 Å². The molecule has 0 aliphatic heterocycles. The van der Waals surface area contributed by atoms with E-state index in [4.69, 9.17) is 5.11 Å². The molecule has 0 spiro atoms. The minimum atomic E-state index is 0.271. The first-order valence-electron chi connectivity index (χ1n) is 4.31. The number of nitrogens with zero attached hydrogens (tertiary/aromatic N) is 2. The molecule has 0 aromatic carbocycles. The van der Waals surface area contributed by atoms with Crippen LogP contribution in [0.2, 0.25) is 0 Å². The van der Waals surface area contributed by atoms with Crippen molar-refractivity contribution in [2.75, 3.05) is 6.61 Å². The summed E-state index contributed by atoms with van der Waals surface area (Å²) in [5, 5.41) is 13.0. The van der Waals surface area contributed by atoms with Crippen molar-refractivity contribution in [1.82, 2.24) is 9.78 Å². The molecule has 68 valence electrons. The Kier molecular flexibility index (Phi) is 3.29. The Bertz CT molecular complexity index is 232. The van der Waals surface area contributed by atoms with Crippen molar-refractivity contribution in [2.45, 2.75) is 19.8 Å². The molecule has 1 atom stereocenters. The normalized spacial score (nSPS) is 13.2. The number of hydrogen-bond donors (Lipinski definition) is 1. The van der Waals surface area contributed by atoms with E-state index in [1.807, 2.05) is 26.2 Å². The Morgan fingerprint density at radius 1 is 1.67 bits per heavy atom. The fraction of sp³-hybridized carbons (Fsp3) is 0.667. The molecule has 0 saturated carbocycles. The lowest BCUT2D eigenvalue weighted by atomic mass is 10.1. The molecule has 1 aromatic rings. The molecular weight excluding hydrogens is 152 g/mol. The van der Waals surface area contributed by atoms with Crippen molar-refractivity contribution in [1.29, 1.82) is 0 Å². The molecule has 1 aromatic heterocycles. The second kappa shape index (κ2) is 4.26. The summed E-state index contributed by atoms with van der Waals surface area (Å²) in [7, 11) is 1.92. The number of aliphatic hydroxyl groups excluding tert-OH is 1. The van der Waals surface area contributed by atoms with Crippen LogP contribution in [-0.4, -0.2) is 21.5 Å². The Labute approximate surface area is 73.0 Å². The van der Waals surface area contributed by atoms with Gasteiger partial charge in [-0.2, -0.15) is 5.10 Å². The van der Waals surface area contributed by atoms with E-state index in [0.29, 0.717) is 5.92 Å². The highest BCUT2D eigenvalue weighted by Gasteiger charge is 2.02. The number of aromatic nitrogens is 2. The summed E-state index contributed by atoms with van der Waals surface area (Å²) in [6.07, 6.45) is 3.91. The van der Waals surface area contributed by atoms with Gasteiger partial charge in [-0.15, -0.1) is 0 Å². The third kappa shape index (κ3) is 2.66. The van der Waals surface area contributed by atoms with Gasteiger partial charge in [0.2, 0.25) is 0 Å². The summed E-state index contributed by atoms with van der Waals surface area (Å²) < 4.78 is 1.80. The van der Waals surface area contributed by atoms with E-state index >= 15 is 0 Å². The SMILES string of the molecule is CC(CO)CCc1ccn(C)n1. The molecule has 0 saturated heterocycles. The number of hydrogen-bond acceptors (Lipinski definition) is 2. The minimum absolute atomic E-state index is 0.271. The second-order valence-corrected chi connectivity index (χ2v) is 3.31. The summed E-state index contributed by atoms with van der Waals surface area (Å²) in [6, 6.07) is 2.02. The molecular formula is C9H16N2O. The van der Waals surface area contributed by atoms with Crippen LogP contribution in [0, 0.1) is 5.92 Å². The van der Waals surface area contributed by atoms with Crippen molar-refractivity contribution in [3.63, 3.8) is 0 Å². The van der Waals surface area contributed by atoms with Gasteiger partial charge < -0.3 is 5.11 Å². The molecule has 1 N–H and O–H groups in total. The van der Waals surface area contributed by atoms with Gasteiger partial charge >= 0.3 is 0 Å². The van der Waals surface area contributed by atoms with Crippen LogP contribution in [-0.2, 0) is 13.5 Å². The maximum absolute atomic E-state index is 8.79. The molecule has 0 aliphatic carbocycles. The highest BCUT2D eigenvalue weighted by molar-refractivity contribution is 4.98. The van der Waals surface area contributed by atoms with Crippen molar-refractivity contribution >= 4 is 0 Å². The van der Waals surface area contributed by atoms with Gasteiger partial charge in [-0.05, 0) is 24.8 Å². The van der Waals surface area contributed by atoms with E-state index in [2.05, 4.69) is 5.10 Å². The first kappa shape index (κ1) is 9.26. The van der Waals surface area contributed by atoms with Crippen molar-refractivity contribution in [3.8, 4) is 0 Å². The van der Waals surface area contributed by atoms with Gasteiger partial charge in [0, 0.05) is 19.9 Å². The van der Waals surface area contributed by atoms with Gasteiger partial charge in [-0.3, -0.25) is 4.68 Å². The zero-order valence-electron chi connectivity index (χ0n) is 7.70. The Balaban J connectivity index is 2.33. The monoisotopic (exact) mass is 168 g/mol. The molecule has 0 amide bonds. The molecule has 0 bridgehead atoms. The number of rotatable bonds is 4. The lowest BCUT2D eigenvalue weighted by Gasteiger charge is -2.04. The molecule has 0 fully saturated rings. The third-order valence-electron chi connectivity index (χ3n) is 1.97. The van der Waals surface area contributed by atoms with Gasteiger partial charge in [0.25, 0.3) is 0 Å². The quantitative estimate of drug-likeness (QED) is 0.727. The maximum Gasteiger partial charge on any atom is 0.0624 e. The first-order chi connectivity index (χ1) is 5.72. The molecule has 1 unspecified atom stereocenters. The Morgan fingerprint density at radius 2 is 2.42 bits per heavy atom. The van der Waals surface area contributed by atoms with Crippen molar-refractivity contribution in [2.24, 2.45) is 13.0 Å². The predicted molar refractivity (Wildman–Crippen MR) is 47.8 cm³/mol. The van der Waals surface area contributed by atoms with Gasteiger partial charge in [-0.25, -0.2) is 0 Å². The van der Waals surface area contributed by atoms with Crippen LogP contribution in [0.3, 0.4) is 0 Å². The maximum atomic E-state index is 8.79. The van der Waals surface area contributed by atoms with Crippen LogP contribution >= 0.6 is 0 Å². The molecule has 3 nitrogen and oxygen atoms in total. The Morgan fingerprint density at radius 3 is 2.92 bits per heavy atom. The average molecular weight is 168 g/mol. The van der Waals surface area contributed by atoms with E-state index in [9.17, 15) is 0 Å². The number of aryl methyl sites for hydroxylation is 2. The highest BCUT2D eigenvalue weighted by Crippen LogP contribution is 2.06. The fourth-order valence-corrected chi connectivity index (χ4v) is 1.08. The first-order valence-corrected chi connectivity index (χ1v) is 4.31. The zero-order valence-corrected chi connectivity index (χ0v) is 7.70. The van der Waals surface area contributed by atoms with Crippen LogP contribution in [0.15, 0.2) is 12.3 Å².